The third kappa shape index (κ3) is 2.99. The summed E-state index contributed by atoms with van der Waals surface area (Å²) in [5.41, 5.74) is -2.81. The molecule has 0 bridgehead atoms. The number of carboxylic acid groups (broad SMARTS) is 1. The van der Waals surface area contributed by atoms with Crippen molar-refractivity contribution in [2.45, 2.75) is 18.5 Å². The molecule has 0 aliphatic heterocycles. The van der Waals surface area contributed by atoms with Crippen molar-refractivity contribution in [2.24, 2.45) is 11.3 Å². The number of aliphatic carboxylic acids is 1. The van der Waals surface area contributed by atoms with Crippen LogP contribution in [0, 0.1) is 11.3 Å². The molecule has 0 spiro atoms. The average Bonchev–Trinajstić information content (AvgIpc) is 3.36. The highest BCUT2D eigenvalue weighted by Gasteiger charge is 2.84. The number of anilines is 1. The molecule has 0 heterocycles. The highest BCUT2D eigenvalue weighted by Crippen LogP contribution is 2.73. The molecule has 164 valence electrons. The van der Waals surface area contributed by atoms with Crippen molar-refractivity contribution in [3.05, 3.63) is 102 Å². The zero-order chi connectivity index (χ0) is 23.1. The lowest BCUT2D eigenvalue weighted by atomic mass is 9.79. The number of hydrogen-bond donors (Lipinski definition) is 2. The number of amides is 1. The van der Waals surface area contributed by atoms with Gasteiger partial charge in [0.25, 0.3) is 0 Å². The van der Waals surface area contributed by atoms with E-state index in [4.69, 9.17) is 0 Å². The molecular formula is C25H20F3NO3. The van der Waals surface area contributed by atoms with E-state index in [-0.39, 0.29) is 5.69 Å². The molecule has 1 fully saturated rings. The monoisotopic (exact) mass is 439 g/mol. The quantitative estimate of drug-likeness (QED) is 0.527. The first kappa shape index (κ1) is 21.6. The van der Waals surface area contributed by atoms with Gasteiger partial charge >= 0.3 is 12.1 Å². The van der Waals surface area contributed by atoms with Crippen molar-refractivity contribution in [1.29, 1.82) is 0 Å². The maximum absolute atomic E-state index is 13.5. The SMILES string of the molecule is CC1C(C(=O)O)(C(=O)Nc2cccc(C(F)(F)F)c2)C1(c1ccccc1)c1ccccc1. The van der Waals surface area contributed by atoms with Gasteiger partial charge < -0.3 is 10.4 Å². The first-order valence-corrected chi connectivity index (χ1v) is 10.00. The Morgan fingerprint density at radius 2 is 1.41 bits per heavy atom. The predicted molar refractivity (Wildman–Crippen MR) is 113 cm³/mol. The number of carbonyl (C=O) groups excluding carboxylic acids is 1. The summed E-state index contributed by atoms with van der Waals surface area (Å²) in [7, 11) is 0. The van der Waals surface area contributed by atoms with Crippen LogP contribution >= 0.6 is 0 Å². The maximum atomic E-state index is 13.5. The molecule has 2 atom stereocenters. The molecule has 4 nitrogen and oxygen atoms in total. The van der Waals surface area contributed by atoms with E-state index < -0.39 is 40.4 Å². The highest BCUT2D eigenvalue weighted by atomic mass is 19.4. The number of alkyl halides is 3. The van der Waals surface area contributed by atoms with Gasteiger partial charge in [0.15, 0.2) is 5.41 Å². The molecule has 1 amide bonds. The van der Waals surface area contributed by atoms with Gasteiger partial charge in [-0.1, -0.05) is 73.7 Å². The Bertz CT molecular complexity index is 1120. The van der Waals surface area contributed by atoms with Gasteiger partial charge in [0.05, 0.1) is 5.56 Å². The van der Waals surface area contributed by atoms with E-state index in [9.17, 15) is 27.9 Å². The summed E-state index contributed by atoms with van der Waals surface area (Å²) >= 11 is 0. The number of benzene rings is 3. The number of hydrogen-bond acceptors (Lipinski definition) is 2. The third-order valence-electron chi connectivity index (χ3n) is 6.44. The summed E-state index contributed by atoms with van der Waals surface area (Å²) in [5, 5.41) is 12.8. The molecule has 0 saturated heterocycles. The van der Waals surface area contributed by atoms with Gasteiger partial charge in [-0.25, -0.2) is 0 Å². The summed E-state index contributed by atoms with van der Waals surface area (Å²) < 4.78 is 39.3. The molecule has 0 aromatic heterocycles. The molecule has 1 aliphatic rings. The second kappa shape index (κ2) is 7.51. The molecule has 3 aromatic rings. The van der Waals surface area contributed by atoms with Crippen molar-refractivity contribution >= 4 is 17.6 Å². The normalized spacial score (nSPS) is 21.6. The van der Waals surface area contributed by atoms with Gasteiger partial charge in [-0.05, 0) is 35.2 Å². The number of rotatable bonds is 5. The fourth-order valence-corrected chi connectivity index (χ4v) is 5.01. The lowest BCUT2D eigenvalue weighted by Gasteiger charge is -2.24. The third-order valence-corrected chi connectivity index (χ3v) is 6.44. The maximum Gasteiger partial charge on any atom is 0.416 e. The van der Waals surface area contributed by atoms with E-state index in [1.807, 2.05) is 0 Å². The second-order valence-electron chi connectivity index (χ2n) is 7.91. The number of nitrogens with one attached hydrogen (secondary N) is 1. The van der Waals surface area contributed by atoms with Gasteiger partial charge in [-0.2, -0.15) is 13.2 Å². The summed E-state index contributed by atoms with van der Waals surface area (Å²) in [6.07, 6.45) is -4.59. The van der Waals surface area contributed by atoms with Crippen LogP contribution in [0.1, 0.15) is 23.6 Å². The average molecular weight is 439 g/mol. The zero-order valence-corrected chi connectivity index (χ0v) is 17.1. The largest absolute Gasteiger partial charge is 0.480 e. The molecule has 3 aromatic carbocycles. The molecule has 32 heavy (non-hydrogen) atoms. The van der Waals surface area contributed by atoms with E-state index in [0.717, 1.165) is 12.1 Å². The number of carbonyl (C=O) groups is 2. The van der Waals surface area contributed by atoms with Crippen molar-refractivity contribution in [3.63, 3.8) is 0 Å². The van der Waals surface area contributed by atoms with Crippen molar-refractivity contribution in [2.75, 3.05) is 5.32 Å². The van der Waals surface area contributed by atoms with Gasteiger partial charge in [0, 0.05) is 11.1 Å². The minimum absolute atomic E-state index is 0.112. The van der Waals surface area contributed by atoms with Crippen LogP contribution in [0.5, 0.6) is 0 Å². The smallest absolute Gasteiger partial charge is 0.416 e. The number of halogens is 3. The molecule has 1 saturated carbocycles. The molecule has 1 aliphatic carbocycles. The van der Waals surface area contributed by atoms with E-state index in [1.54, 1.807) is 67.6 Å². The second-order valence-corrected chi connectivity index (χ2v) is 7.91. The summed E-state index contributed by atoms with van der Waals surface area (Å²) in [4.78, 5) is 26.2. The lowest BCUT2D eigenvalue weighted by Crippen LogP contribution is -2.39. The van der Waals surface area contributed by atoms with Crippen molar-refractivity contribution in [1.82, 2.24) is 0 Å². The van der Waals surface area contributed by atoms with Crippen LogP contribution < -0.4 is 5.32 Å². The van der Waals surface area contributed by atoms with E-state index in [1.165, 1.54) is 12.1 Å². The Kier molecular flexibility index (Phi) is 5.07. The Hall–Kier alpha value is -3.61. The molecule has 4 rings (SSSR count). The van der Waals surface area contributed by atoms with Gasteiger partial charge in [0.1, 0.15) is 0 Å². The first-order chi connectivity index (χ1) is 15.2. The van der Waals surface area contributed by atoms with Crippen LogP contribution in [-0.4, -0.2) is 17.0 Å². The van der Waals surface area contributed by atoms with E-state index in [2.05, 4.69) is 5.32 Å². The van der Waals surface area contributed by atoms with Gasteiger partial charge in [0.2, 0.25) is 5.91 Å². The van der Waals surface area contributed by atoms with Crippen LogP contribution in [0.15, 0.2) is 84.9 Å². The van der Waals surface area contributed by atoms with Crippen LogP contribution in [0.4, 0.5) is 18.9 Å². The summed E-state index contributed by atoms with van der Waals surface area (Å²) in [6.45, 7) is 1.68. The molecule has 7 heteroatoms. The van der Waals surface area contributed by atoms with Crippen LogP contribution in [0.25, 0.3) is 0 Å². The fourth-order valence-electron chi connectivity index (χ4n) is 5.01. The Balaban J connectivity index is 1.83. The van der Waals surface area contributed by atoms with Crippen LogP contribution in [0.3, 0.4) is 0 Å². The topological polar surface area (TPSA) is 66.4 Å². The Morgan fingerprint density at radius 1 is 0.875 bits per heavy atom. The van der Waals surface area contributed by atoms with Crippen LogP contribution in [0.2, 0.25) is 0 Å². The summed E-state index contributed by atoms with van der Waals surface area (Å²) in [6, 6.07) is 21.9. The molecule has 0 radical (unpaired) electrons. The minimum Gasteiger partial charge on any atom is -0.480 e. The lowest BCUT2D eigenvalue weighted by molar-refractivity contribution is -0.149. The minimum atomic E-state index is -4.59. The Morgan fingerprint density at radius 3 is 1.88 bits per heavy atom. The highest BCUT2D eigenvalue weighted by molar-refractivity contribution is 6.15. The molecular weight excluding hydrogens is 419 g/mol. The van der Waals surface area contributed by atoms with Gasteiger partial charge in [-0.3, -0.25) is 9.59 Å². The van der Waals surface area contributed by atoms with E-state index >= 15 is 0 Å². The fraction of sp³-hybridized carbons (Fsp3) is 0.200. The standard InChI is InChI=1S/C25H20F3NO3/c1-16-23(17-9-4-2-5-10-17,18-11-6-3-7-12-18)24(16,22(31)32)21(30)29-20-14-8-13-19(15-20)25(26,27)28/h2-16H,1H3,(H,29,30)(H,31,32). The molecule has 2 N–H and O–H groups in total. The predicted octanol–water partition coefficient (Wildman–Crippen LogP) is 5.35. The number of carboxylic acids is 1. The van der Waals surface area contributed by atoms with Crippen LogP contribution in [-0.2, 0) is 21.2 Å². The zero-order valence-electron chi connectivity index (χ0n) is 17.1. The first-order valence-electron chi connectivity index (χ1n) is 10.00. The Labute approximate surface area is 182 Å². The van der Waals surface area contributed by atoms with Crippen molar-refractivity contribution < 1.29 is 27.9 Å². The van der Waals surface area contributed by atoms with Gasteiger partial charge in [-0.15, -0.1) is 0 Å². The van der Waals surface area contributed by atoms with Crippen molar-refractivity contribution in [3.8, 4) is 0 Å². The molecule has 2 unspecified atom stereocenters. The summed E-state index contributed by atoms with van der Waals surface area (Å²) in [5.74, 6) is -2.84. The van der Waals surface area contributed by atoms with E-state index in [0.29, 0.717) is 11.1 Å².